The molecule has 2 aromatic heterocycles. The van der Waals surface area contributed by atoms with Crippen LogP contribution in [0.4, 0.5) is 0 Å². The maximum absolute atomic E-state index is 12.5. The van der Waals surface area contributed by atoms with Crippen LogP contribution < -0.4 is 0 Å². The Labute approximate surface area is 153 Å². The maximum atomic E-state index is 12.5. The van der Waals surface area contributed by atoms with Crippen LogP contribution in [0.25, 0.3) is 0 Å². The second-order valence-electron chi connectivity index (χ2n) is 6.66. The number of aliphatic hydroxyl groups is 1. The third-order valence-electron chi connectivity index (χ3n) is 4.75. The molecule has 1 amide bonds. The molecule has 3 rings (SSSR count). The number of piperazine rings is 1. The topological polar surface area (TPSA) is 87.4 Å². The molecule has 0 spiro atoms. The predicted molar refractivity (Wildman–Crippen MR) is 96.1 cm³/mol. The van der Waals surface area contributed by atoms with Crippen molar-refractivity contribution in [1.82, 2.24) is 29.5 Å². The number of rotatable bonds is 7. The van der Waals surface area contributed by atoms with Gasteiger partial charge in [-0.2, -0.15) is 5.10 Å². The van der Waals surface area contributed by atoms with E-state index in [4.69, 9.17) is 0 Å². The van der Waals surface area contributed by atoms with E-state index in [0.717, 1.165) is 24.5 Å². The lowest BCUT2D eigenvalue weighted by Gasteiger charge is -2.41. The van der Waals surface area contributed by atoms with Gasteiger partial charge in [-0.1, -0.05) is 6.07 Å². The minimum atomic E-state index is 0.114. The van der Waals surface area contributed by atoms with Crippen molar-refractivity contribution in [3.63, 3.8) is 0 Å². The second kappa shape index (κ2) is 8.86. The molecule has 1 aliphatic rings. The summed E-state index contributed by atoms with van der Waals surface area (Å²) < 4.78 is 1.67. The van der Waals surface area contributed by atoms with Crippen molar-refractivity contribution in [1.29, 1.82) is 0 Å². The summed E-state index contributed by atoms with van der Waals surface area (Å²) in [5, 5.41) is 13.5. The first-order valence-electron chi connectivity index (χ1n) is 9.03. The number of nitrogens with zero attached hydrogens (tertiary/aromatic N) is 6. The summed E-state index contributed by atoms with van der Waals surface area (Å²) in [7, 11) is 0. The third kappa shape index (κ3) is 4.86. The van der Waals surface area contributed by atoms with Crippen LogP contribution in [-0.2, 0) is 17.9 Å². The van der Waals surface area contributed by atoms with E-state index >= 15 is 0 Å². The minimum absolute atomic E-state index is 0.114. The highest BCUT2D eigenvalue weighted by atomic mass is 16.3. The van der Waals surface area contributed by atoms with Crippen molar-refractivity contribution in [3.8, 4) is 0 Å². The second-order valence-corrected chi connectivity index (χ2v) is 6.66. The number of hydrogen-bond acceptors (Lipinski definition) is 6. The van der Waals surface area contributed by atoms with Crippen LogP contribution in [0.2, 0.25) is 0 Å². The van der Waals surface area contributed by atoms with Crippen molar-refractivity contribution < 1.29 is 9.90 Å². The Morgan fingerprint density at radius 2 is 2.23 bits per heavy atom. The fourth-order valence-corrected chi connectivity index (χ4v) is 3.36. The van der Waals surface area contributed by atoms with Gasteiger partial charge in [-0.3, -0.25) is 19.4 Å². The molecular weight excluding hydrogens is 332 g/mol. The highest BCUT2D eigenvalue weighted by Crippen LogP contribution is 2.17. The van der Waals surface area contributed by atoms with Gasteiger partial charge < -0.3 is 10.0 Å². The van der Waals surface area contributed by atoms with Gasteiger partial charge in [0.1, 0.15) is 12.7 Å². The van der Waals surface area contributed by atoms with Crippen molar-refractivity contribution in [2.75, 3.05) is 26.2 Å². The lowest BCUT2D eigenvalue weighted by Crippen LogP contribution is -2.54. The average Bonchev–Trinajstić information content (AvgIpc) is 3.15. The number of aliphatic hydroxyl groups excluding tert-OH is 1. The standard InChI is InChI=1S/C18H26N6O2/c1-15-3-2-4-16(21-15)11-22-8-9-23(12-17(22)6-10-25)18(26)5-7-24-14-19-13-20-24/h2-4,13-14,17,25H,5-12H2,1H3/t17-/m1/s1. The van der Waals surface area contributed by atoms with Crippen LogP contribution in [0.1, 0.15) is 24.2 Å². The van der Waals surface area contributed by atoms with E-state index < -0.39 is 0 Å². The van der Waals surface area contributed by atoms with E-state index in [1.165, 1.54) is 6.33 Å². The number of carbonyl (C=O) groups is 1. The molecule has 1 aliphatic heterocycles. The molecule has 3 heterocycles. The number of aromatic nitrogens is 4. The summed E-state index contributed by atoms with van der Waals surface area (Å²) in [6, 6.07) is 6.17. The van der Waals surface area contributed by atoms with Crippen LogP contribution in [0, 0.1) is 6.92 Å². The number of aryl methyl sites for hydroxylation is 2. The fourth-order valence-electron chi connectivity index (χ4n) is 3.36. The van der Waals surface area contributed by atoms with Crippen LogP contribution in [0.3, 0.4) is 0 Å². The van der Waals surface area contributed by atoms with Gasteiger partial charge in [-0.15, -0.1) is 0 Å². The van der Waals surface area contributed by atoms with Crippen LogP contribution in [0.15, 0.2) is 30.9 Å². The van der Waals surface area contributed by atoms with E-state index in [9.17, 15) is 9.90 Å². The fraction of sp³-hybridized carbons (Fsp3) is 0.556. The maximum Gasteiger partial charge on any atom is 0.224 e. The molecule has 0 aliphatic carbocycles. The molecule has 140 valence electrons. The van der Waals surface area contributed by atoms with Gasteiger partial charge in [0.25, 0.3) is 0 Å². The minimum Gasteiger partial charge on any atom is -0.396 e. The molecule has 0 saturated carbocycles. The van der Waals surface area contributed by atoms with E-state index in [2.05, 4.69) is 20.0 Å². The Morgan fingerprint density at radius 3 is 2.96 bits per heavy atom. The van der Waals surface area contributed by atoms with Gasteiger partial charge in [0.2, 0.25) is 5.91 Å². The molecule has 1 N–H and O–H groups in total. The molecular formula is C18H26N6O2. The van der Waals surface area contributed by atoms with Gasteiger partial charge in [0.05, 0.1) is 12.2 Å². The zero-order valence-electron chi connectivity index (χ0n) is 15.2. The first-order chi connectivity index (χ1) is 12.7. The van der Waals surface area contributed by atoms with E-state index in [1.807, 2.05) is 30.0 Å². The van der Waals surface area contributed by atoms with Crippen molar-refractivity contribution in [3.05, 3.63) is 42.2 Å². The Balaban J connectivity index is 1.57. The quantitative estimate of drug-likeness (QED) is 0.774. The zero-order valence-corrected chi connectivity index (χ0v) is 15.2. The molecule has 2 aromatic rings. The Kier molecular flexibility index (Phi) is 6.30. The van der Waals surface area contributed by atoms with Gasteiger partial charge in [-0.05, 0) is 25.5 Å². The molecule has 8 heteroatoms. The normalized spacial score (nSPS) is 18.2. The smallest absolute Gasteiger partial charge is 0.224 e. The first kappa shape index (κ1) is 18.5. The van der Waals surface area contributed by atoms with E-state index in [1.54, 1.807) is 11.0 Å². The molecule has 26 heavy (non-hydrogen) atoms. The summed E-state index contributed by atoms with van der Waals surface area (Å²) in [4.78, 5) is 25.2. The number of amides is 1. The average molecular weight is 358 g/mol. The molecule has 0 bridgehead atoms. The van der Waals surface area contributed by atoms with Crippen molar-refractivity contribution >= 4 is 5.91 Å². The molecule has 1 atom stereocenters. The summed E-state index contributed by atoms with van der Waals surface area (Å²) in [6.07, 6.45) is 4.15. The molecule has 8 nitrogen and oxygen atoms in total. The summed E-state index contributed by atoms with van der Waals surface area (Å²) >= 11 is 0. The molecule has 0 unspecified atom stereocenters. The van der Waals surface area contributed by atoms with Crippen LogP contribution in [0.5, 0.6) is 0 Å². The van der Waals surface area contributed by atoms with E-state index in [0.29, 0.717) is 32.5 Å². The molecule has 1 saturated heterocycles. The number of pyridine rings is 1. The molecule has 1 fully saturated rings. The lowest BCUT2D eigenvalue weighted by atomic mass is 10.1. The number of hydrogen-bond donors (Lipinski definition) is 1. The monoisotopic (exact) mass is 358 g/mol. The van der Waals surface area contributed by atoms with Gasteiger partial charge in [0.15, 0.2) is 0 Å². The molecule has 0 radical (unpaired) electrons. The van der Waals surface area contributed by atoms with Crippen LogP contribution >= 0.6 is 0 Å². The largest absolute Gasteiger partial charge is 0.396 e. The third-order valence-corrected chi connectivity index (χ3v) is 4.75. The highest BCUT2D eigenvalue weighted by Gasteiger charge is 2.29. The Bertz CT molecular complexity index is 705. The molecule has 0 aromatic carbocycles. The zero-order chi connectivity index (χ0) is 18.4. The highest BCUT2D eigenvalue weighted by molar-refractivity contribution is 5.76. The van der Waals surface area contributed by atoms with Crippen molar-refractivity contribution in [2.24, 2.45) is 0 Å². The van der Waals surface area contributed by atoms with Gasteiger partial charge in [-0.25, -0.2) is 4.98 Å². The summed E-state index contributed by atoms with van der Waals surface area (Å²) in [5.74, 6) is 0.122. The Morgan fingerprint density at radius 1 is 1.35 bits per heavy atom. The predicted octanol–water partition coefficient (Wildman–Crippen LogP) is 0.467. The van der Waals surface area contributed by atoms with Gasteiger partial charge >= 0.3 is 0 Å². The van der Waals surface area contributed by atoms with Gasteiger partial charge in [0, 0.05) is 50.9 Å². The SMILES string of the molecule is Cc1cccc(CN2CCN(C(=O)CCn3cncn3)C[C@H]2CCO)n1. The first-order valence-corrected chi connectivity index (χ1v) is 9.03. The Hall–Kier alpha value is -2.32. The summed E-state index contributed by atoms with van der Waals surface area (Å²) in [6.45, 7) is 5.51. The lowest BCUT2D eigenvalue weighted by molar-refractivity contribution is -0.134. The number of carbonyl (C=O) groups excluding carboxylic acids is 1. The van der Waals surface area contributed by atoms with Crippen molar-refractivity contribution in [2.45, 2.75) is 38.9 Å². The van der Waals surface area contributed by atoms with Crippen LogP contribution in [-0.4, -0.2) is 72.8 Å². The summed E-state index contributed by atoms with van der Waals surface area (Å²) in [5.41, 5.74) is 2.03. The van der Waals surface area contributed by atoms with E-state index in [-0.39, 0.29) is 18.6 Å².